The summed E-state index contributed by atoms with van der Waals surface area (Å²) in [4.78, 5) is 137. The van der Waals surface area contributed by atoms with E-state index in [2.05, 4.69) is 51.3 Å². The van der Waals surface area contributed by atoms with Crippen molar-refractivity contribution < 1.29 is 118 Å². The number of amidine groups is 1. The summed E-state index contributed by atoms with van der Waals surface area (Å²) in [5, 5.41) is 39.4. The number of cyclic esters (lactones) is 2. The van der Waals surface area contributed by atoms with Crippen molar-refractivity contribution in [3.63, 3.8) is 0 Å². The Bertz CT molecular complexity index is 3060. The number of rotatable bonds is 16. The molecular formula is C59H111N17O22. The van der Waals surface area contributed by atoms with Gasteiger partial charge in [-0.2, -0.15) is 0 Å². The molecule has 0 aromatic rings. The number of aliphatic imine (C=N–C) groups is 2. The summed E-state index contributed by atoms with van der Waals surface area (Å²) in [7, 11) is 4.90. The Kier molecular flexibility index (Phi) is 37.7. The van der Waals surface area contributed by atoms with Crippen LogP contribution in [-0.2, 0) is 76.3 Å². The van der Waals surface area contributed by atoms with E-state index >= 15 is 0 Å². The van der Waals surface area contributed by atoms with Gasteiger partial charge in [0.05, 0.1) is 38.5 Å². The summed E-state index contributed by atoms with van der Waals surface area (Å²) in [6.07, 6.45) is -4.03. The van der Waals surface area contributed by atoms with Crippen molar-refractivity contribution in [1.82, 2.24) is 50.7 Å². The van der Waals surface area contributed by atoms with Crippen molar-refractivity contribution >= 4 is 95.5 Å². The Labute approximate surface area is 587 Å². The number of carbonyl (C=O) groups excluding carboxylic acids is 10. The quantitative estimate of drug-likeness (QED) is 0.0290. The number of nitrogens with zero attached hydrogens (tertiary/aromatic N) is 12. The molecule has 8 N–H and O–H groups in total. The van der Waals surface area contributed by atoms with Crippen molar-refractivity contribution in [2.45, 2.75) is 180 Å². The summed E-state index contributed by atoms with van der Waals surface area (Å²) >= 11 is 0. The second kappa shape index (κ2) is 47.9. The van der Waals surface area contributed by atoms with E-state index in [0.717, 1.165) is 10.7 Å². The number of ether oxygens (including phenoxy) is 8. The third-order valence-electron chi connectivity index (χ3n) is 9.44. The predicted molar refractivity (Wildman–Crippen MR) is 360 cm³/mol. The van der Waals surface area contributed by atoms with Gasteiger partial charge >= 0.3 is 48.3 Å². The second-order valence-corrected chi connectivity index (χ2v) is 23.2. The first kappa shape index (κ1) is 77.1. The zero-order valence-electron chi connectivity index (χ0n) is 69.7. The highest BCUT2D eigenvalue weighted by Crippen LogP contribution is 2.16. The molecule has 39 heteroatoms. The highest BCUT2D eigenvalue weighted by Gasteiger charge is 2.29. The Balaban J connectivity index is -0.000000600. The molecule has 0 saturated carbocycles. The summed E-state index contributed by atoms with van der Waals surface area (Å²) in [6.45, 7) is 25.8. The molecule has 0 fully saturated rings. The van der Waals surface area contributed by atoms with Crippen LogP contribution in [0.25, 0.3) is 0 Å². The van der Waals surface area contributed by atoms with Gasteiger partial charge in [0.15, 0.2) is 11.7 Å². The molecule has 0 saturated heterocycles. The van der Waals surface area contributed by atoms with Crippen molar-refractivity contribution in [3.8, 4) is 0 Å². The van der Waals surface area contributed by atoms with Gasteiger partial charge in [0.1, 0.15) is 68.0 Å². The number of alkyl carbamates (subject to hydrolysis) is 4. The fraction of sp³-hybridized carbons (Fsp3) is 0.729. The van der Waals surface area contributed by atoms with Gasteiger partial charge in [-0.15, -0.1) is 0 Å². The smallest absolute Gasteiger partial charge is 0.414 e. The molecule has 0 spiro atoms. The molecule has 2 aliphatic heterocycles. The third-order valence-corrected chi connectivity index (χ3v) is 9.44. The Morgan fingerprint density at radius 2 is 0.929 bits per heavy atom. The van der Waals surface area contributed by atoms with Gasteiger partial charge in [-0.05, 0) is 156 Å². The minimum absolute atomic E-state index is 0.0534. The molecule has 2 heterocycles. The van der Waals surface area contributed by atoms with E-state index in [1.807, 2.05) is 19.3 Å². The fourth-order valence-electron chi connectivity index (χ4n) is 6.00. The van der Waals surface area contributed by atoms with Gasteiger partial charge in [0.25, 0.3) is 0 Å². The number of likely N-dealkylation sites (N-methyl/N-ethyl adjacent to an activating group) is 6. The summed E-state index contributed by atoms with van der Waals surface area (Å²) in [5.41, 5.74) is 2.12. The average molecular weight is 1420 g/mol. The normalized spacial score (nSPS) is 16.0. The molecule has 98 heavy (non-hydrogen) atoms. The highest BCUT2D eigenvalue weighted by atomic mass is 16.6. The minimum atomic E-state index is -2.85. The number of amides is 4. The van der Waals surface area contributed by atoms with Crippen LogP contribution in [0.1, 0.15) is 158 Å². The van der Waals surface area contributed by atoms with E-state index in [9.17, 15) is 47.9 Å². The number of esters is 4. The van der Waals surface area contributed by atoms with Crippen LogP contribution in [-0.4, -0.2) is 278 Å². The Morgan fingerprint density at radius 1 is 0.592 bits per heavy atom. The topological polar surface area (TPSA) is 471 Å². The van der Waals surface area contributed by atoms with E-state index in [0.29, 0.717) is 16.4 Å². The molecule has 39 nitrogen and oxygen atoms in total. The van der Waals surface area contributed by atoms with E-state index in [1.54, 1.807) is 123 Å². The van der Waals surface area contributed by atoms with Crippen LogP contribution in [0.4, 0.5) is 19.2 Å². The fourth-order valence-corrected chi connectivity index (χ4v) is 6.00. The van der Waals surface area contributed by atoms with Crippen LogP contribution in [0.15, 0.2) is 30.6 Å². The number of nitrogens with one attached hydrogen (secondary N) is 4. The zero-order chi connectivity index (χ0) is 84.6. The highest BCUT2D eigenvalue weighted by molar-refractivity contribution is 5.97. The molecule has 0 radical (unpaired) electrons. The number of hydrogen-bond acceptors (Lipinski definition) is 31. The number of oxime groups is 4. The van der Waals surface area contributed by atoms with Crippen LogP contribution in [0.3, 0.4) is 0 Å². The average Bonchev–Trinajstić information content (AvgIpc) is 1.54. The van der Waals surface area contributed by atoms with Crippen LogP contribution in [0, 0.1) is 0 Å². The molecule has 0 unspecified atom stereocenters. The minimum Gasteiger partial charge on any atom is -0.462 e. The summed E-state index contributed by atoms with van der Waals surface area (Å²) in [6, 6.07) is 0. The molecule has 0 bridgehead atoms. The molecule has 2 aliphatic rings. The van der Waals surface area contributed by atoms with E-state index in [4.69, 9.17) is 71.3 Å². The lowest BCUT2D eigenvalue weighted by Crippen LogP contribution is -2.46. The molecule has 0 aromatic heterocycles. The van der Waals surface area contributed by atoms with Gasteiger partial charge in [-0.1, -0.05) is 10.3 Å². The third kappa shape index (κ3) is 51.5. The number of Topliss-reactive ketones (excluding diaryl/α,β-unsaturated/α-hetero) is 2. The Morgan fingerprint density at radius 3 is 1.28 bits per heavy atom. The number of guanidine groups is 5. The number of hydrogen-bond donors (Lipinski definition) is 7. The maximum atomic E-state index is 11.7. The first-order valence-electron chi connectivity index (χ1n) is 34.5. The monoisotopic (exact) mass is 1420 g/mol. The Hall–Kier alpha value is -9.88. The first-order chi connectivity index (χ1) is 48.6. The van der Waals surface area contributed by atoms with Gasteiger partial charge in [0, 0.05) is 54.4 Å². The van der Waals surface area contributed by atoms with E-state index < -0.39 is 129 Å². The van der Waals surface area contributed by atoms with Gasteiger partial charge in [-0.3, -0.25) is 50.0 Å². The standard InChI is InChI=1S/2C12H23N3O5.2C10H19N3O4.C8H14N2O2.C7H13N3O2/c2*1-8(2)19-9(16)7-15(6)10(14-18)13-11(17)20-12(3,4)5;2*1-5-16-10(15)11-9(12-17-6-2)13(4)7-8(3)14;1-6-9-8(2,3)12-7(11)5-10(6)4;1-7(2)9-6(8)10(3)4-5(11)12-7/h2*8,18H,7H2,1-6H3,(H,13,14,17);2*5-7H2,1-4H3,(H,11,12,15);5H2,1-4H3;4H2,1-3H3,(H2,8,9)/i6D3;;4D3;;;3D3. The van der Waals surface area contributed by atoms with Crippen molar-refractivity contribution in [2.24, 2.45) is 36.3 Å². The van der Waals surface area contributed by atoms with Crippen molar-refractivity contribution in [3.05, 3.63) is 0 Å². The lowest BCUT2D eigenvalue weighted by molar-refractivity contribution is -0.155. The largest absolute Gasteiger partial charge is 0.462 e. The lowest BCUT2D eigenvalue weighted by atomic mass is 10.2. The van der Waals surface area contributed by atoms with Crippen LogP contribution in [0.2, 0.25) is 0 Å². The number of ketones is 2. The first-order valence-corrected chi connectivity index (χ1v) is 30.0. The molecule has 0 aliphatic carbocycles. The maximum Gasteiger partial charge on any atom is 0.414 e. The zero-order valence-corrected chi connectivity index (χ0v) is 60.7. The van der Waals surface area contributed by atoms with Gasteiger partial charge < -0.3 is 93.1 Å². The number of nitrogens with two attached hydrogens (primary N) is 1. The van der Waals surface area contributed by atoms with Crippen LogP contribution in [0.5, 0.6) is 0 Å². The molecule has 0 aromatic carbocycles. The predicted octanol–water partition coefficient (Wildman–Crippen LogP) is 3.56. The van der Waals surface area contributed by atoms with E-state index in [1.165, 1.54) is 44.5 Å². The molecule has 4 amide bonds. The SMILES string of the molecule is CC(C)OC(=O)CN(C)/C(=N/O)NC(=O)OC(C)(C)C.CC1=NC(C)(C)OC(=O)CN1C.CCO/N=C(\NC(=O)OCC)N(C)CC(C)=O.[2H]C([2H])([2H])N(CC(=O)OC(C)C)/C(=N/O)NC(=O)OC(C)(C)C.[2H]C([2H])([2H])N(CC(C)=O)/C(=N/OCC)NC(=O)OCC.[2H]C([2H])([2H])N1CC(=O)OC(C)(C)N=C1N. The maximum absolute atomic E-state index is 11.7. The molecule has 564 valence electrons. The van der Waals surface area contributed by atoms with E-state index in [-0.39, 0.29) is 75.2 Å². The number of carbonyl (C=O) groups is 10. The summed E-state index contributed by atoms with van der Waals surface area (Å²) < 4.78 is 105. The van der Waals surface area contributed by atoms with Crippen molar-refractivity contribution in [1.29, 1.82) is 0 Å². The van der Waals surface area contributed by atoms with Crippen LogP contribution >= 0.6 is 0 Å². The van der Waals surface area contributed by atoms with Crippen LogP contribution < -0.4 is 27.0 Å². The second-order valence-electron chi connectivity index (χ2n) is 23.2. The molecule has 2 rings (SSSR count). The van der Waals surface area contributed by atoms with Gasteiger partial charge in [-0.25, -0.2) is 29.2 Å². The molecular weight excluding hydrogens is 1300 g/mol. The van der Waals surface area contributed by atoms with Gasteiger partial charge in [0.2, 0.25) is 29.6 Å². The van der Waals surface area contributed by atoms with Crippen molar-refractivity contribution in [2.75, 3.05) is 108 Å². The lowest BCUT2D eigenvalue weighted by Gasteiger charge is -2.23. The molecule has 0 atom stereocenters. The summed E-state index contributed by atoms with van der Waals surface area (Å²) in [5.74, 6) is -3.34.